The summed E-state index contributed by atoms with van der Waals surface area (Å²) in [6, 6.07) is 2.81. The van der Waals surface area contributed by atoms with Gasteiger partial charge in [0.25, 0.3) is 0 Å². The molecule has 0 atom stereocenters. The number of nitrogens with zero attached hydrogens (tertiary/aromatic N) is 2. The molecule has 0 spiro atoms. The molecule has 1 heterocycles. The van der Waals surface area contributed by atoms with Crippen LogP contribution >= 0.6 is 0 Å². The van der Waals surface area contributed by atoms with Gasteiger partial charge in [-0.15, -0.1) is 0 Å². The number of rotatable bonds is 4. The zero-order chi connectivity index (χ0) is 14.9. The van der Waals surface area contributed by atoms with E-state index in [1.165, 1.54) is 10.9 Å². The average Bonchev–Trinajstić information content (AvgIpc) is 2.71. The molecule has 0 N–H and O–H groups in total. The van der Waals surface area contributed by atoms with Gasteiger partial charge in [0.2, 0.25) is 0 Å². The molecule has 0 unspecified atom stereocenters. The van der Waals surface area contributed by atoms with Crippen molar-refractivity contribution in [3.8, 4) is 0 Å². The zero-order valence-electron chi connectivity index (χ0n) is 11.0. The normalized spacial score (nSPS) is 10.6. The molecule has 0 saturated heterocycles. The van der Waals surface area contributed by atoms with Crippen molar-refractivity contribution in [2.75, 3.05) is 0 Å². The molecule has 104 valence electrons. The number of ketones is 2. The van der Waals surface area contributed by atoms with Crippen molar-refractivity contribution in [2.45, 2.75) is 13.3 Å². The Morgan fingerprint density at radius 2 is 1.90 bits per heavy atom. The Bertz CT molecular complexity index is 692. The highest BCUT2D eigenvalue weighted by molar-refractivity contribution is 6.13. The number of carbonyl (C=O) groups is 2. The number of hydrogen-bond donors (Lipinski definition) is 0. The Balaban J connectivity index is 2.17. The molecular weight excluding hydrogens is 266 g/mol. The van der Waals surface area contributed by atoms with E-state index in [-0.39, 0.29) is 5.56 Å². The first-order chi connectivity index (χ1) is 9.38. The van der Waals surface area contributed by atoms with E-state index in [1.54, 1.807) is 14.0 Å². The third-order valence-corrected chi connectivity index (χ3v) is 2.88. The lowest BCUT2D eigenvalue weighted by atomic mass is 10.0. The van der Waals surface area contributed by atoms with E-state index < -0.39 is 29.6 Å². The van der Waals surface area contributed by atoms with E-state index in [1.807, 2.05) is 0 Å². The lowest BCUT2D eigenvalue weighted by molar-refractivity contribution is 0.0893. The second-order valence-electron chi connectivity index (χ2n) is 4.45. The van der Waals surface area contributed by atoms with Crippen molar-refractivity contribution in [2.24, 2.45) is 7.05 Å². The van der Waals surface area contributed by atoms with Gasteiger partial charge in [-0.1, -0.05) is 0 Å². The molecule has 0 radical (unpaired) electrons. The summed E-state index contributed by atoms with van der Waals surface area (Å²) in [5.74, 6) is -3.10. The van der Waals surface area contributed by atoms with Crippen molar-refractivity contribution in [3.63, 3.8) is 0 Å². The van der Waals surface area contributed by atoms with E-state index in [0.29, 0.717) is 11.3 Å². The second-order valence-corrected chi connectivity index (χ2v) is 4.45. The topological polar surface area (TPSA) is 52.0 Å². The minimum absolute atomic E-state index is 0.0289. The number of benzene rings is 1. The van der Waals surface area contributed by atoms with E-state index in [0.717, 1.165) is 18.2 Å². The first-order valence-corrected chi connectivity index (χ1v) is 5.90. The predicted molar refractivity (Wildman–Crippen MR) is 67.6 cm³/mol. The fourth-order valence-electron chi connectivity index (χ4n) is 1.89. The quantitative estimate of drug-likeness (QED) is 0.637. The summed E-state index contributed by atoms with van der Waals surface area (Å²) >= 11 is 0. The van der Waals surface area contributed by atoms with Crippen LogP contribution in [0.3, 0.4) is 0 Å². The highest BCUT2D eigenvalue weighted by atomic mass is 19.2. The van der Waals surface area contributed by atoms with Crippen molar-refractivity contribution >= 4 is 11.6 Å². The maximum atomic E-state index is 13.0. The van der Waals surface area contributed by atoms with Gasteiger partial charge in [0, 0.05) is 18.8 Å². The molecule has 1 aromatic heterocycles. The van der Waals surface area contributed by atoms with Crippen LogP contribution in [0.5, 0.6) is 0 Å². The number of hydrogen-bond acceptors (Lipinski definition) is 3. The Morgan fingerprint density at radius 1 is 1.20 bits per heavy atom. The van der Waals surface area contributed by atoms with Crippen LogP contribution in [-0.4, -0.2) is 21.3 Å². The highest BCUT2D eigenvalue weighted by Gasteiger charge is 2.18. The van der Waals surface area contributed by atoms with Gasteiger partial charge in [-0.25, -0.2) is 8.78 Å². The minimum atomic E-state index is -1.11. The van der Waals surface area contributed by atoms with Crippen LogP contribution in [-0.2, 0) is 7.05 Å². The van der Waals surface area contributed by atoms with Crippen LogP contribution in [0.2, 0.25) is 0 Å². The maximum Gasteiger partial charge on any atom is 0.174 e. The Labute approximate surface area is 114 Å². The van der Waals surface area contributed by atoms with Gasteiger partial charge in [0.05, 0.1) is 17.7 Å². The third-order valence-electron chi connectivity index (χ3n) is 2.88. The van der Waals surface area contributed by atoms with Crippen molar-refractivity contribution < 1.29 is 18.4 Å². The molecule has 0 amide bonds. The van der Waals surface area contributed by atoms with Crippen molar-refractivity contribution in [1.82, 2.24) is 9.78 Å². The molecule has 2 rings (SSSR count). The van der Waals surface area contributed by atoms with E-state index in [2.05, 4.69) is 5.10 Å². The second kappa shape index (κ2) is 5.32. The molecule has 20 heavy (non-hydrogen) atoms. The summed E-state index contributed by atoms with van der Waals surface area (Å²) in [7, 11) is 1.67. The zero-order valence-corrected chi connectivity index (χ0v) is 11.0. The molecule has 2 aromatic rings. The molecule has 6 heteroatoms. The molecule has 0 aliphatic carbocycles. The first-order valence-electron chi connectivity index (χ1n) is 5.90. The summed E-state index contributed by atoms with van der Waals surface area (Å²) in [4.78, 5) is 23.8. The van der Waals surface area contributed by atoms with Crippen LogP contribution in [0.25, 0.3) is 0 Å². The Kier molecular flexibility index (Phi) is 3.74. The van der Waals surface area contributed by atoms with Crippen molar-refractivity contribution in [3.05, 3.63) is 52.9 Å². The summed E-state index contributed by atoms with van der Waals surface area (Å²) in [5, 5.41) is 4.01. The number of carbonyl (C=O) groups excluding carboxylic acids is 2. The number of aromatic nitrogens is 2. The summed E-state index contributed by atoms with van der Waals surface area (Å²) < 4.78 is 27.3. The number of Topliss-reactive ketones (excluding diaryl/α,β-unsaturated/α-hetero) is 2. The van der Waals surface area contributed by atoms with Crippen LogP contribution in [0.1, 0.15) is 32.8 Å². The average molecular weight is 278 g/mol. The molecule has 0 fully saturated rings. The van der Waals surface area contributed by atoms with Gasteiger partial charge in [-0.05, 0) is 25.1 Å². The number of halogens is 2. The van der Waals surface area contributed by atoms with E-state index >= 15 is 0 Å². The smallest absolute Gasteiger partial charge is 0.174 e. The predicted octanol–water partition coefficient (Wildman–Crippen LogP) is 2.46. The Morgan fingerprint density at radius 3 is 2.45 bits per heavy atom. The van der Waals surface area contributed by atoms with Crippen LogP contribution in [0.4, 0.5) is 8.78 Å². The van der Waals surface area contributed by atoms with Gasteiger partial charge in [0.15, 0.2) is 23.2 Å². The highest BCUT2D eigenvalue weighted by Crippen LogP contribution is 2.14. The van der Waals surface area contributed by atoms with Gasteiger partial charge < -0.3 is 0 Å². The number of aryl methyl sites for hydroxylation is 2. The summed E-state index contributed by atoms with van der Waals surface area (Å²) in [6.07, 6.45) is 1.12. The lowest BCUT2D eigenvalue weighted by Gasteiger charge is -2.01. The standard InChI is InChI=1S/C14H12F2N2O2/c1-8-10(7-18(2)17-8)14(20)6-13(19)9-3-4-11(15)12(16)5-9/h3-5,7H,6H2,1-2H3. The van der Waals surface area contributed by atoms with Crippen LogP contribution in [0, 0.1) is 18.6 Å². The fourth-order valence-corrected chi connectivity index (χ4v) is 1.89. The monoisotopic (exact) mass is 278 g/mol. The van der Waals surface area contributed by atoms with Crippen LogP contribution in [0.15, 0.2) is 24.4 Å². The molecule has 0 aliphatic rings. The fraction of sp³-hybridized carbons (Fsp3) is 0.214. The minimum Gasteiger partial charge on any atom is -0.294 e. The molecule has 0 saturated carbocycles. The SMILES string of the molecule is Cc1nn(C)cc1C(=O)CC(=O)c1ccc(F)c(F)c1. The maximum absolute atomic E-state index is 13.0. The van der Waals surface area contributed by atoms with Gasteiger partial charge in [-0.3, -0.25) is 14.3 Å². The molecule has 1 aromatic carbocycles. The van der Waals surface area contributed by atoms with Crippen molar-refractivity contribution in [1.29, 1.82) is 0 Å². The largest absolute Gasteiger partial charge is 0.294 e. The first kappa shape index (κ1) is 14.0. The molecule has 0 aliphatic heterocycles. The van der Waals surface area contributed by atoms with Crippen LogP contribution < -0.4 is 0 Å². The van der Waals surface area contributed by atoms with E-state index in [9.17, 15) is 18.4 Å². The molecular formula is C14H12F2N2O2. The van der Waals surface area contributed by atoms with Gasteiger partial charge in [0.1, 0.15) is 0 Å². The van der Waals surface area contributed by atoms with Gasteiger partial charge in [-0.2, -0.15) is 5.10 Å². The summed E-state index contributed by atoms with van der Waals surface area (Å²) in [5.41, 5.74) is 0.845. The Hall–Kier alpha value is -2.37. The summed E-state index contributed by atoms with van der Waals surface area (Å²) in [6.45, 7) is 1.66. The third kappa shape index (κ3) is 2.79. The molecule has 0 bridgehead atoms. The van der Waals surface area contributed by atoms with E-state index in [4.69, 9.17) is 0 Å². The molecule has 4 nitrogen and oxygen atoms in total. The van der Waals surface area contributed by atoms with Gasteiger partial charge >= 0.3 is 0 Å². The lowest BCUT2D eigenvalue weighted by Crippen LogP contribution is -2.09.